The Kier molecular flexibility index (Phi) is 11.8. The Balaban J connectivity index is 1.98. The minimum atomic E-state index is -0.327. The zero-order chi connectivity index (χ0) is 18.4. The van der Waals surface area contributed by atoms with E-state index in [2.05, 4.69) is 19.1 Å². The molecule has 0 amide bonds. The Labute approximate surface area is 154 Å². The number of carbonyl (C=O) groups is 1. The van der Waals surface area contributed by atoms with E-state index in [4.69, 9.17) is 14.2 Å². The van der Waals surface area contributed by atoms with Crippen LogP contribution in [0.25, 0.3) is 0 Å². The fraction of sp³-hybridized carbons (Fsp3) is 0.857. The maximum atomic E-state index is 11.1. The van der Waals surface area contributed by atoms with Crippen LogP contribution in [0.1, 0.15) is 91.4 Å². The van der Waals surface area contributed by atoms with Crippen molar-refractivity contribution in [1.82, 2.24) is 0 Å². The van der Waals surface area contributed by atoms with Gasteiger partial charge in [0.2, 0.25) is 0 Å². The SMILES string of the molecule is CCCC[C@H](CCC/C=C\CCCCCC1(C)OCCO1)OC(C)=O. The third kappa shape index (κ3) is 11.4. The molecular weight excluding hydrogens is 316 g/mol. The van der Waals surface area contributed by atoms with Gasteiger partial charge in [-0.1, -0.05) is 38.3 Å². The van der Waals surface area contributed by atoms with E-state index in [9.17, 15) is 4.79 Å². The summed E-state index contributed by atoms with van der Waals surface area (Å²) in [5, 5.41) is 0. The average molecular weight is 355 g/mol. The number of ether oxygens (including phenoxy) is 3. The molecule has 1 heterocycles. The summed E-state index contributed by atoms with van der Waals surface area (Å²) < 4.78 is 16.6. The van der Waals surface area contributed by atoms with Gasteiger partial charge in [0, 0.05) is 13.3 Å². The first-order valence-electron chi connectivity index (χ1n) is 10.2. The molecule has 0 aromatic heterocycles. The quantitative estimate of drug-likeness (QED) is 0.233. The lowest BCUT2D eigenvalue weighted by molar-refractivity contribution is -0.148. The molecule has 0 saturated carbocycles. The largest absolute Gasteiger partial charge is 0.463 e. The lowest BCUT2D eigenvalue weighted by atomic mass is 10.1. The van der Waals surface area contributed by atoms with E-state index < -0.39 is 0 Å². The van der Waals surface area contributed by atoms with Crippen molar-refractivity contribution >= 4 is 5.97 Å². The first-order valence-corrected chi connectivity index (χ1v) is 10.2. The lowest BCUT2D eigenvalue weighted by Crippen LogP contribution is -2.24. The van der Waals surface area contributed by atoms with Crippen molar-refractivity contribution < 1.29 is 19.0 Å². The van der Waals surface area contributed by atoms with Crippen molar-refractivity contribution in [2.45, 2.75) is 103 Å². The van der Waals surface area contributed by atoms with E-state index >= 15 is 0 Å². The predicted molar refractivity (Wildman–Crippen MR) is 101 cm³/mol. The molecule has 4 heteroatoms. The molecule has 0 aromatic rings. The second-order valence-electron chi connectivity index (χ2n) is 7.21. The fourth-order valence-electron chi connectivity index (χ4n) is 3.21. The van der Waals surface area contributed by atoms with Crippen LogP contribution in [0, 0.1) is 0 Å². The minimum absolute atomic E-state index is 0.104. The number of hydrogen-bond acceptors (Lipinski definition) is 4. The third-order valence-electron chi connectivity index (χ3n) is 4.68. The number of carbonyl (C=O) groups excluding carboxylic acids is 1. The van der Waals surface area contributed by atoms with Gasteiger partial charge in [0.05, 0.1) is 13.2 Å². The van der Waals surface area contributed by atoms with Gasteiger partial charge in [-0.15, -0.1) is 0 Å². The smallest absolute Gasteiger partial charge is 0.302 e. The second-order valence-corrected chi connectivity index (χ2v) is 7.21. The third-order valence-corrected chi connectivity index (χ3v) is 4.68. The first-order chi connectivity index (χ1) is 12.1. The highest BCUT2D eigenvalue weighted by Crippen LogP contribution is 2.25. The molecule has 146 valence electrons. The maximum Gasteiger partial charge on any atom is 0.302 e. The van der Waals surface area contributed by atoms with E-state index in [1.807, 2.05) is 6.92 Å². The minimum Gasteiger partial charge on any atom is -0.463 e. The molecule has 0 unspecified atom stereocenters. The van der Waals surface area contributed by atoms with Crippen LogP contribution in [-0.2, 0) is 19.0 Å². The topological polar surface area (TPSA) is 44.8 Å². The lowest BCUT2D eigenvalue weighted by Gasteiger charge is -2.21. The summed E-state index contributed by atoms with van der Waals surface area (Å²) in [5.41, 5.74) is 0. The van der Waals surface area contributed by atoms with Crippen LogP contribution in [-0.4, -0.2) is 31.1 Å². The van der Waals surface area contributed by atoms with Crippen LogP contribution < -0.4 is 0 Å². The zero-order valence-electron chi connectivity index (χ0n) is 16.6. The van der Waals surface area contributed by atoms with Crippen molar-refractivity contribution in [2.75, 3.05) is 13.2 Å². The summed E-state index contributed by atoms with van der Waals surface area (Å²) in [6, 6.07) is 0. The van der Waals surface area contributed by atoms with Gasteiger partial charge < -0.3 is 14.2 Å². The van der Waals surface area contributed by atoms with Crippen molar-refractivity contribution in [1.29, 1.82) is 0 Å². The Bertz CT molecular complexity index is 372. The Morgan fingerprint density at radius 2 is 1.68 bits per heavy atom. The molecule has 1 aliphatic heterocycles. The van der Waals surface area contributed by atoms with Gasteiger partial charge in [-0.3, -0.25) is 4.79 Å². The molecular formula is C21H38O4. The van der Waals surface area contributed by atoms with E-state index in [1.165, 1.54) is 19.8 Å². The predicted octanol–water partition coefficient (Wildman–Crippen LogP) is 5.55. The molecule has 0 radical (unpaired) electrons. The monoisotopic (exact) mass is 354 g/mol. The summed E-state index contributed by atoms with van der Waals surface area (Å²) >= 11 is 0. The van der Waals surface area contributed by atoms with Crippen LogP contribution in [0.5, 0.6) is 0 Å². The van der Waals surface area contributed by atoms with Gasteiger partial charge in [-0.25, -0.2) is 0 Å². The van der Waals surface area contributed by atoms with E-state index in [-0.39, 0.29) is 17.9 Å². The van der Waals surface area contributed by atoms with Crippen molar-refractivity contribution in [3.05, 3.63) is 12.2 Å². The summed E-state index contributed by atoms with van der Waals surface area (Å²) in [6.45, 7) is 7.18. The number of rotatable bonds is 14. The van der Waals surface area contributed by atoms with Gasteiger partial charge in [0.1, 0.15) is 6.10 Å². The van der Waals surface area contributed by atoms with Gasteiger partial charge in [0.15, 0.2) is 5.79 Å². The zero-order valence-corrected chi connectivity index (χ0v) is 16.6. The van der Waals surface area contributed by atoms with E-state index in [0.717, 1.165) is 71.0 Å². The first kappa shape index (κ1) is 22.2. The van der Waals surface area contributed by atoms with Crippen LogP contribution in [0.15, 0.2) is 12.2 Å². The van der Waals surface area contributed by atoms with Gasteiger partial charge in [-0.2, -0.15) is 0 Å². The molecule has 0 spiro atoms. The Morgan fingerprint density at radius 3 is 2.32 bits per heavy atom. The van der Waals surface area contributed by atoms with E-state index in [0.29, 0.717) is 0 Å². The van der Waals surface area contributed by atoms with E-state index in [1.54, 1.807) is 0 Å². The second kappa shape index (κ2) is 13.3. The highest BCUT2D eigenvalue weighted by atomic mass is 16.7. The molecule has 0 aromatic carbocycles. The maximum absolute atomic E-state index is 11.1. The number of esters is 1. The Morgan fingerprint density at radius 1 is 1.04 bits per heavy atom. The number of hydrogen-bond donors (Lipinski definition) is 0. The molecule has 0 bridgehead atoms. The van der Waals surface area contributed by atoms with Crippen molar-refractivity contribution in [3.63, 3.8) is 0 Å². The molecule has 1 atom stereocenters. The van der Waals surface area contributed by atoms with Gasteiger partial charge in [-0.05, 0) is 51.9 Å². The van der Waals surface area contributed by atoms with Crippen LogP contribution in [0.3, 0.4) is 0 Å². The molecule has 4 nitrogen and oxygen atoms in total. The molecule has 25 heavy (non-hydrogen) atoms. The fourth-order valence-corrected chi connectivity index (χ4v) is 3.21. The average Bonchev–Trinajstić information content (AvgIpc) is 3.00. The van der Waals surface area contributed by atoms with Gasteiger partial charge >= 0.3 is 5.97 Å². The summed E-state index contributed by atoms with van der Waals surface area (Å²) in [5.74, 6) is -0.481. The normalized spacial score (nSPS) is 17.9. The molecule has 1 saturated heterocycles. The van der Waals surface area contributed by atoms with Crippen molar-refractivity contribution in [2.24, 2.45) is 0 Å². The summed E-state index contributed by atoms with van der Waals surface area (Å²) in [6.07, 6.45) is 16.8. The van der Waals surface area contributed by atoms with Gasteiger partial charge in [0.25, 0.3) is 0 Å². The van der Waals surface area contributed by atoms with Crippen LogP contribution in [0.4, 0.5) is 0 Å². The highest BCUT2D eigenvalue weighted by molar-refractivity contribution is 5.66. The molecule has 0 aliphatic carbocycles. The molecule has 0 N–H and O–H groups in total. The molecule has 1 fully saturated rings. The summed E-state index contributed by atoms with van der Waals surface area (Å²) in [4.78, 5) is 11.1. The van der Waals surface area contributed by atoms with Crippen LogP contribution in [0.2, 0.25) is 0 Å². The highest BCUT2D eigenvalue weighted by Gasteiger charge is 2.29. The van der Waals surface area contributed by atoms with Crippen LogP contribution >= 0.6 is 0 Å². The molecule has 1 rings (SSSR count). The Hall–Kier alpha value is -0.870. The van der Waals surface area contributed by atoms with Crippen molar-refractivity contribution in [3.8, 4) is 0 Å². The summed E-state index contributed by atoms with van der Waals surface area (Å²) in [7, 11) is 0. The molecule has 1 aliphatic rings. The standard InChI is InChI=1S/C21H38O4/c1-4-5-14-20(25-19(2)22)15-12-10-8-6-7-9-11-13-16-21(3)23-17-18-24-21/h6,8,20H,4-5,7,9-18H2,1-3H3/b8-6-/t20-/m1/s1. The number of allylic oxidation sites excluding steroid dienone is 2. The number of unbranched alkanes of at least 4 members (excludes halogenated alkanes) is 5.